The van der Waals surface area contributed by atoms with E-state index in [0.29, 0.717) is 17.4 Å². The molecule has 0 amide bonds. The molecule has 0 aliphatic carbocycles. The maximum absolute atomic E-state index is 12.7. The van der Waals surface area contributed by atoms with Gasteiger partial charge >= 0.3 is 19.8 Å². The van der Waals surface area contributed by atoms with Gasteiger partial charge in [0.2, 0.25) is 0 Å². The fraction of sp³-hybridized carbons (Fsp3) is 0.783. The molecule has 1 N–H and O–H groups in total. The molecular formula is C46H85NO8P+. The second-order valence-electron chi connectivity index (χ2n) is 16.0. The summed E-state index contributed by atoms with van der Waals surface area (Å²) in [4.78, 5) is 35.4. The number of ether oxygens (including phenoxy) is 2. The first-order chi connectivity index (χ1) is 27.0. The average molecular weight is 811 g/mol. The highest BCUT2D eigenvalue weighted by molar-refractivity contribution is 7.47. The number of phosphoric ester groups is 1. The lowest BCUT2D eigenvalue weighted by Gasteiger charge is -2.24. The van der Waals surface area contributed by atoms with Gasteiger partial charge in [0.05, 0.1) is 27.7 Å². The molecule has 0 aromatic carbocycles. The molecule has 0 saturated carbocycles. The zero-order chi connectivity index (χ0) is 41.4. The van der Waals surface area contributed by atoms with Gasteiger partial charge in [-0.15, -0.1) is 0 Å². The van der Waals surface area contributed by atoms with E-state index in [2.05, 4.69) is 62.5 Å². The van der Waals surface area contributed by atoms with Crippen molar-refractivity contribution < 1.29 is 42.1 Å². The monoisotopic (exact) mass is 811 g/mol. The molecule has 0 bridgehead atoms. The smallest absolute Gasteiger partial charge is 0.462 e. The summed E-state index contributed by atoms with van der Waals surface area (Å²) in [5.41, 5.74) is 0. The van der Waals surface area contributed by atoms with Gasteiger partial charge in [0, 0.05) is 12.8 Å². The predicted octanol–water partition coefficient (Wildman–Crippen LogP) is 12.7. The number of allylic oxidation sites excluding steroid dienone is 8. The summed E-state index contributed by atoms with van der Waals surface area (Å²) in [6.45, 7) is 4.28. The zero-order valence-corrected chi connectivity index (χ0v) is 37.5. The molecule has 0 rings (SSSR count). The summed E-state index contributed by atoms with van der Waals surface area (Å²) in [6.07, 6.45) is 44.4. The van der Waals surface area contributed by atoms with Crippen molar-refractivity contribution in [3.8, 4) is 0 Å². The molecular weight excluding hydrogens is 725 g/mol. The number of hydrogen-bond donors (Lipinski definition) is 1. The van der Waals surface area contributed by atoms with Crippen LogP contribution >= 0.6 is 7.82 Å². The normalized spacial score (nSPS) is 14.0. The predicted molar refractivity (Wildman–Crippen MR) is 233 cm³/mol. The average Bonchev–Trinajstić information content (AvgIpc) is 3.15. The van der Waals surface area contributed by atoms with Crippen molar-refractivity contribution in [2.45, 2.75) is 187 Å². The summed E-state index contributed by atoms with van der Waals surface area (Å²) in [5.74, 6) is -0.821. The van der Waals surface area contributed by atoms with Gasteiger partial charge in [0.25, 0.3) is 0 Å². The molecule has 0 fully saturated rings. The molecule has 0 heterocycles. The van der Waals surface area contributed by atoms with Crippen molar-refractivity contribution in [3.63, 3.8) is 0 Å². The van der Waals surface area contributed by atoms with Crippen LogP contribution in [-0.4, -0.2) is 74.9 Å². The van der Waals surface area contributed by atoms with Crippen molar-refractivity contribution in [1.29, 1.82) is 0 Å². The van der Waals surface area contributed by atoms with E-state index in [0.717, 1.165) is 77.0 Å². The van der Waals surface area contributed by atoms with Crippen molar-refractivity contribution in [2.75, 3.05) is 47.5 Å². The second kappa shape index (κ2) is 38.5. The number of nitrogens with zero attached hydrogens (tertiary/aromatic N) is 1. The van der Waals surface area contributed by atoms with Crippen molar-refractivity contribution in [3.05, 3.63) is 48.6 Å². The summed E-state index contributed by atoms with van der Waals surface area (Å²) >= 11 is 0. The second-order valence-corrected chi connectivity index (χ2v) is 17.5. The van der Waals surface area contributed by atoms with Crippen LogP contribution in [-0.2, 0) is 32.7 Å². The summed E-state index contributed by atoms with van der Waals surface area (Å²) in [7, 11) is 1.46. The number of likely N-dealkylation sites (N-methyl/N-ethyl adjacent to an activating group) is 1. The lowest BCUT2D eigenvalue weighted by atomic mass is 10.1. The molecule has 0 saturated heterocycles. The SMILES string of the molecule is CC/C=C/C/C=C/C/C=C/CCCCCCCC(=O)OC[C@H](COP(=O)(O)OCC[N+](C)(C)C)OC(=O)CCCCCCCCCCC/C=C/CCCCCC. The molecule has 0 aliphatic heterocycles. The van der Waals surface area contributed by atoms with Crippen molar-refractivity contribution in [1.82, 2.24) is 0 Å². The van der Waals surface area contributed by atoms with Gasteiger partial charge in [0.15, 0.2) is 6.10 Å². The van der Waals surface area contributed by atoms with Crippen LogP contribution in [0.25, 0.3) is 0 Å². The molecule has 0 spiro atoms. The molecule has 326 valence electrons. The van der Waals surface area contributed by atoms with Crippen LogP contribution < -0.4 is 0 Å². The van der Waals surface area contributed by atoms with Crippen molar-refractivity contribution >= 4 is 19.8 Å². The minimum atomic E-state index is -4.38. The van der Waals surface area contributed by atoms with E-state index in [1.165, 1.54) is 70.6 Å². The van der Waals surface area contributed by atoms with Gasteiger partial charge in [-0.3, -0.25) is 18.6 Å². The Labute approximate surface area is 343 Å². The molecule has 1 unspecified atom stereocenters. The lowest BCUT2D eigenvalue weighted by Crippen LogP contribution is -2.37. The highest BCUT2D eigenvalue weighted by atomic mass is 31.2. The first-order valence-electron chi connectivity index (χ1n) is 22.4. The summed E-state index contributed by atoms with van der Waals surface area (Å²) in [5, 5.41) is 0. The van der Waals surface area contributed by atoms with E-state index < -0.39 is 26.5 Å². The Morgan fingerprint density at radius 3 is 1.54 bits per heavy atom. The fourth-order valence-electron chi connectivity index (χ4n) is 5.85. The van der Waals surface area contributed by atoms with Gasteiger partial charge in [-0.2, -0.15) is 0 Å². The molecule has 0 aliphatic rings. The number of phosphoric acid groups is 1. The number of rotatable bonds is 40. The van der Waals surface area contributed by atoms with Crippen LogP contribution in [0.3, 0.4) is 0 Å². The largest absolute Gasteiger partial charge is 0.472 e. The minimum absolute atomic E-state index is 0.0271. The molecule has 56 heavy (non-hydrogen) atoms. The van der Waals surface area contributed by atoms with Crippen LogP contribution in [0.2, 0.25) is 0 Å². The van der Waals surface area contributed by atoms with E-state index in [1.54, 1.807) is 0 Å². The Morgan fingerprint density at radius 1 is 0.571 bits per heavy atom. The molecule has 0 radical (unpaired) electrons. The Balaban J connectivity index is 4.37. The molecule has 10 heteroatoms. The maximum Gasteiger partial charge on any atom is 0.472 e. The minimum Gasteiger partial charge on any atom is -0.462 e. The van der Waals surface area contributed by atoms with Gasteiger partial charge in [-0.25, -0.2) is 4.57 Å². The molecule has 9 nitrogen and oxygen atoms in total. The fourth-order valence-corrected chi connectivity index (χ4v) is 6.59. The Bertz CT molecular complexity index is 1100. The third-order valence-electron chi connectivity index (χ3n) is 9.34. The third-order valence-corrected chi connectivity index (χ3v) is 10.3. The number of carbonyl (C=O) groups excluding carboxylic acids is 2. The maximum atomic E-state index is 12.7. The van der Waals surface area contributed by atoms with E-state index in [1.807, 2.05) is 21.1 Å². The first kappa shape index (κ1) is 54.0. The topological polar surface area (TPSA) is 108 Å². The molecule has 0 aromatic rings. The van der Waals surface area contributed by atoms with E-state index in [-0.39, 0.29) is 32.0 Å². The zero-order valence-electron chi connectivity index (χ0n) is 36.6. The van der Waals surface area contributed by atoms with E-state index in [4.69, 9.17) is 18.5 Å². The van der Waals surface area contributed by atoms with Gasteiger partial charge in [0.1, 0.15) is 19.8 Å². The Morgan fingerprint density at radius 2 is 1.02 bits per heavy atom. The molecule has 2 atom stereocenters. The summed E-state index contributed by atoms with van der Waals surface area (Å²) < 4.78 is 34.3. The van der Waals surface area contributed by atoms with Crippen LogP contribution in [0.5, 0.6) is 0 Å². The van der Waals surface area contributed by atoms with Gasteiger partial charge in [-0.1, -0.05) is 146 Å². The highest BCUT2D eigenvalue weighted by Crippen LogP contribution is 2.43. The van der Waals surface area contributed by atoms with Crippen LogP contribution in [0, 0.1) is 0 Å². The number of unbranched alkanes of at least 4 members (excludes halogenated alkanes) is 18. The van der Waals surface area contributed by atoms with Crippen LogP contribution in [0.1, 0.15) is 181 Å². The van der Waals surface area contributed by atoms with E-state index >= 15 is 0 Å². The van der Waals surface area contributed by atoms with Crippen LogP contribution in [0.15, 0.2) is 48.6 Å². The Kier molecular flexibility index (Phi) is 37.1. The van der Waals surface area contributed by atoms with Gasteiger partial charge < -0.3 is 18.9 Å². The van der Waals surface area contributed by atoms with E-state index in [9.17, 15) is 19.0 Å². The van der Waals surface area contributed by atoms with Crippen LogP contribution in [0.4, 0.5) is 0 Å². The molecule has 0 aromatic heterocycles. The number of carbonyl (C=O) groups is 2. The number of quaternary nitrogens is 1. The highest BCUT2D eigenvalue weighted by Gasteiger charge is 2.27. The Hall–Kier alpha value is -2.03. The quantitative estimate of drug-likeness (QED) is 0.0214. The first-order valence-corrected chi connectivity index (χ1v) is 23.9. The standard InChI is InChI=1S/C46H84NO8P/c1-6-8-10-12-14-16-18-20-22-23-25-27-29-31-33-35-37-39-46(49)55-44(43-54-56(50,51)53-41-40-47(3,4)5)42-52-45(48)38-36-34-32-30-28-26-24-21-19-17-15-13-11-9-7-2/h9,11,15-18,21,24,44H,6-8,10,12-14,19-20,22-23,25-43H2,1-5H3/p+1/b11-9+,17-15+,18-16+,24-21+/t44-/m1/s1. The van der Waals surface area contributed by atoms with Gasteiger partial charge in [-0.05, 0) is 70.6 Å². The number of esters is 2. The third kappa shape index (κ3) is 41.6. The summed E-state index contributed by atoms with van der Waals surface area (Å²) in [6, 6.07) is 0. The van der Waals surface area contributed by atoms with Crippen molar-refractivity contribution in [2.24, 2.45) is 0 Å². The number of hydrogen-bond acceptors (Lipinski definition) is 7. The lowest BCUT2D eigenvalue weighted by molar-refractivity contribution is -0.870.